The first-order valence-corrected chi connectivity index (χ1v) is 10.9. The average molecular weight is 417 g/mol. The number of rotatable bonds is 6. The van der Waals surface area contributed by atoms with Crippen LogP contribution in [0.1, 0.15) is 60.5 Å². The summed E-state index contributed by atoms with van der Waals surface area (Å²) in [6.07, 6.45) is 10.2. The van der Waals surface area contributed by atoms with Crippen molar-refractivity contribution in [3.05, 3.63) is 72.1 Å². The third-order valence-corrected chi connectivity index (χ3v) is 5.73. The molecule has 0 radical (unpaired) electrons. The molecule has 6 nitrogen and oxygen atoms in total. The summed E-state index contributed by atoms with van der Waals surface area (Å²) in [5.74, 6) is 1.53. The number of nitrogens with zero attached hydrogens (tertiary/aromatic N) is 4. The highest BCUT2D eigenvalue weighted by molar-refractivity contribution is 5.95. The van der Waals surface area contributed by atoms with Gasteiger partial charge in [-0.2, -0.15) is 0 Å². The number of amides is 1. The van der Waals surface area contributed by atoms with Crippen molar-refractivity contribution in [1.82, 2.24) is 19.9 Å². The molecular formula is C25H28N4O2. The highest BCUT2D eigenvalue weighted by atomic mass is 16.5. The molecule has 3 aromatic rings. The molecule has 1 aromatic carbocycles. The fraction of sp³-hybridized carbons (Fsp3) is 0.360. The van der Waals surface area contributed by atoms with Crippen molar-refractivity contribution in [2.45, 2.75) is 45.1 Å². The maximum Gasteiger partial charge on any atom is 0.254 e. The molecular weight excluding hydrogens is 388 g/mol. The van der Waals surface area contributed by atoms with Crippen LogP contribution < -0.4 is 4.74 Å². The number of piperidine rings is 1. The summed E-state index contributed by atoms with van der Waals surface area (Å²) >= 11 is 0. The minimum atomic E-state index is -0.0887. The third kappa shape index (κ3) is 4.58. The predicted octanol–water partition coefficient (Wildman–Crippen LogP) is 4.87. The Kier molecular flexibility index (Phi) is 6.55. The van der Waals surface area contributed by atoms with Gasteiger partial charge in [-0.05, 0) is 61.6 Å². The molecule has 0 bridgehead atoms. The van der Waals surface area contributed by atoms with Crippen molar-refractivity contribution in [3.63, 3.8) is 0 Å². The van der Waals surface area contributed by atoms with Gasteiger partial charge in [-0.3, -0.25) is 9.78 Å². The number of aromatic nitrogens is 3. The predicted molar refractivity (Wildman–Crippen MR) is 120 cm³/mol. The van der Waals surface area contributed by atoms with Gasteiger partial charge < -0.3 is 9.64 Å². The molecule has 3 heterocycles. The second-order valence-corrected chi connectivity index (χ2v) is 7.81. The number of benzene rings is 1. The Morgan fingerprint density at radius 2 is 2.03 bits per heavy atom. The summed E-state index contributed by atoms with van der Waals surface area (Å²) < 4.78 is 5.33. The van der Waals surface area contributed by atoms with E-state index in [1.807, 2.05) is 41.4 Å². The second-order valence-electron chi connectivity index (χ2n) is 7.81. The molecule has 0 aliphatic carbocycles. The maximum atomic E-state index is 13.5. The van der Waals surface area contributed by atoms with Gasteiger partial charge in [0.15, 0.2) is 0 Å². The summed E-state index contributed by atoms with van der Waals surface area (Å²) in [7, 11) is 1.62. The lowest BCUT2D eigenvalue weighted by Gasteiger charge is -2.36. The first kappa shape index (κ1) is 21.0. The molecule has 1 aliphatic rings. The van der Waals surface area contributed by atoms with Crippen LogP contribution >= 0.6 is 0 Å². The van der Waals surface area contributed by atoms with E-state index in [1.54, 1.807) is 25.6 Å². The molecule has 2 aromatic heterocycles. The van der Waals surface area contributed by atoms with Gasteiger partial charge in [-0.1, -0.05) is 13.0 Å². The van der Waals surface area contributed by atoms with Crippen molar-refractivity contribution in [1.29, 1.82) is 0 Å². The molecule has 31 heavy (non-hydrogen) atoms. The number of carbonyl (C=O) groups excluding carboxylic acids is 1. The van der Waals surface area contributed by atoms with Gasteiger partial charge >= 0.3 is 0 Å². The van der Waals surface area contributed by atoms with Crippen molar-refractivity contribution >= 4 is 5.91 Å². The molecule has 6 heteroatoms. The quantitative estimate of drug-likeness (QED) is 0.574. The van der Waals surface area contributed by atoms with Gasteiger partial charge in [0.25, 0.3) is 5.91 Å². The zero-order chi connectivity index (χ0) is 21.6. The number of likely N-dealkylation sites (tertiary alicyclic amines) is 1. The molecule has 0 spiro atoms. The number of hydrogen-bond acceptors (Lipinski definition) is 5. The maximum absolute atomic E-state index is 13.5. The van der Waals surface area contributed by atoms with Crippen LogP contribution in [0.2, 0.25) is 0 Å². The smallest absolute Gasteiger partial charge is 0.254 e. The zero-order valence-corrected chi connectivity index (χ0v) is 18.1. The molecule has 1 atom stereocenters. The van der Waals surface area contributed by atoms with Crippen molar-refractivity contribution in [2.75, 3.05) is 13.7 Å². The van der Waals surface area contributed by atoms with E-state index in [1.165, 1.54) is 0 Å². The lowest BCUT2D eigenvalue weighted by Crippen LogP contribution is -2.39. The van der Waals surface area contributed by atoms with Gasteiger partial charge in [0.1, 0.15) is 11.6 Å². The standard InChI is InChI=1S/C25H28N4O2/c1-3-7-23-27-17-21(18-11-13-26-14-12-18)24(28-23)22-10-4-5-15-29(22)25(30)19-8-6-9-20(16-19)31-2/h6,8-9,11-14,16-17,22H,3-5,7,10,15H2,1-2H3/t22-/m0/s1. The first-order valence-electron chi connectivity index (χ1n) is 10.9. The second kappa shape index (κ2) is 9.69. The van der Waals surface area contributed by atoms with Crippen molar-refractivity contribution in [2.24, 2.45) is 0 Å². The molecule has 0 N–H and O–H groups in total. The highest BCUT2D eigenvalue weighted by Gasteiger charge is 2.32. The Morgan fingerprint density at radius 3 is 2.81 bits per heavy atom. The number of aryl methyl sites for hydroxylation is 1. The van der Waals surface area contributed by atoms with E-state index < -0.39 is 0 Å². The van der Waals surface area contributed by atoms with Gasteiger partial charge in [0.2, 0.25) is 0 Å². The number of carbonyl (C=O) groups is 1. The fourth-order valence-corrected chi connectivity index (χ4v) is 4.17. The number of ether oxygens (including phenoxy) is 1. The highest BCUT2D eigenvalue weighted by Crippen LogP contribution is 2.36. The van der Waals surface area contributed by atoms with Crippen LogP contribution in [0.4, 0.5) is 0 Å². The molecule has 4 rings (SSSR count). The van der Waals surface area contributed by atoms with Gasteiger partial charge in [-0.25, -0.2) is 9.97 Å². The minimum absolute atomic E-state index is 0.0138. The van der Waals surface area contributed by atoms with E-state index in [0.29, 0.717) is 17.9 Å². The number of hydrogen-bond donors (Lipinski definition) is 0. The summed E-state index contributed by atoms with van der Waals surface area (Å²) in [5, 5.41) is 0. The van der Waals surface area contributed by atoms with Crippen LogP contribution in [0, 0.1) is 0 Å². The van der Waals surface area contributed by atoms with E-state index in [4.69, 9.17) is 9.72 Å². The van der Waals surface area contributed by atoms with Crippen LogP contribution in [-0.4, -0.2) is 39.4 Å². The van der Waals surface area contributed by atoms with Gasteiger partial charge in [-0.15, -0.1) is 0 Å². The van der Waals surface area contributed by atoms with Crippen LogP contribution in [0.3, 0.4) is 0 Å². The molecule has 1 saturated heterocycles. The normalized spacial score (nSPS) is 16.2. The Labute approximate surface area is 183 Å². The monoisotopic (exact) mass is 416 g/mol. The van der Waals surface area contributed by atoms with E-state index in [-0.39, 0.29) is 11.9 Å². The molecule has 0 unspecified atom stereocenters. The van der Waals surface area contributed by atoms with E-state index in [2.05, 4.69) is 16.9 Å². The summed E-state index contributed by atoms with van der Waals surface area (Å²) in [6, 6.07) is 11.2. The van der Waals surface area contributed by atoms with Crippen LogP contribution in [0.15, 0.2) is 55.0 Å². The Bertz CT molecular complexity index is 1040. The third-order valence-electron chi connectivity index (χ3n) is 5.73. The van der Waals surface area contributed by atoms with Gasteiger partial charge in [0.05, 0.1) is 18.8 Å². The first-order chi connectivity index (χ1) is 15.2. The molecule has 1 fully saturated rings. The SMILES string of the molecule is CCCc1ncc(-c2ccncc2)c([C@@H]2CCCCN2C(=O)c2cccc(OC)c2)n1. The number of pyridine rings is 1. The topological polar surface area (TPSA) is 68.2 Å². The molecule has 1 amide bonds. The van der Waals surface area contributed by atoms with Crippen molar-refractivity contribution in [3.8, 4) is 16.9 Å². The van der Waals surface area contributed by atoms with Gasteiger partial charge in [0, 0.05) is 42.7 Å². The Balaban J connectivity index is 1.76. The number of methoxy groups -OCH3 is 1. The van der Waals surface area contributed by atoms with E-state index in [9.17, 15) is 4.79 Å². The Hall–Kier alpha value is -3.28. The summed E-state index contributed by atoms with van der Waals surface area (Å²) in [4.78, 5) is 29.2. The molecule has 1 aliphatic heterocycles. The largest absolute Gasteiger partial charge is 0.497 e. The lowest BCUT2D eigenvalue weighted by molar-refractivity contribution is 0.0606. The van der Waals surface area contributed by atoms with E-state index >= 15 is 0 Å². The fourth-order valence-electron chi connectivity index (χ4n) is 4.17. The summed E-state index contributed by atoms with van der Waals surface area (Å²) in [6.45, 7) is 2.84. The molecule has 0 saturated carbocycles. The minimum Gasteiger partial charge on any atom is -0.497 e. The van der Waals surface area contributed by atoms with Crippen molar-refractivity contribution < 1.29 is 9.53 Å². The summed E-state index contributed by atoms with van der Waals surface area (Å²) in [5.41, 5.74) is 3.56. The molecule has 160 valence electrons. The lowest BCUT2D eigenvalue weighted by atomic mass is 9.93. The average Bonchev–Trinajstić information content (AvgIpc) is 2.84. The van der Waals surface area contributed by atoms with Crippen LogP contribution in [0.5, 0.6) is 5.75 Å². The van der Waals surface area contributed by atoms with E-state index in [0.717, 1.165) is 54.7 Å². The van der Waals surface area contributed by atoms with Crippen LogP contribution in [0.25, 0.3) is 11.1 Å². The zero-order valence-electron chi connectivity index (χ0n) is 18.1. The Morgan fingerprint density at radius 1 is 1.19 bits per heavy atom. The van der Waals surface area contributed by atoms with Crippen LogP contribution in [-0.2, 0) is 6.42 Å².